The number of aryl methyl sites for hydroxylation is 2. The van der Waals surface area contributed by atoms with Crippen molar-refractivity contribution in [1.82, 2.24) is 4.98 Å². The summed E-state index contributed by atoms with van der Waals surface area (Å²) < 4.78 is 45.8. The highest BCUT2D eigenvalue weighted by molar-refractivity contribution is 7.11. The van der Waals surface area contributed by atoms with E-state index in [0.29, 0.717) is 17.9 Å². The van der Waals surface area contributed by atoms with E-state index in [-0.39, 0.29) is 5.69 Å². The molecule has 0 radical (unpaired) electrons. The summed E-state index contributed by atoms with van der Waals surface area (Å²) in [6, 6.07) is 9.99. The second-order valence-electron chi connectivity index (χ2n) is 7.85. The number of carbonyl (C=O) groups excluding carboxylic acids is 2. The summed E-state index contributed by atoms with van der Waals surface area (Å²) in [4.78, 5) is 32.7. The van der Waals surface area contributed by atoms with Crippen molar-refractivity contribution in [3.63, 3.8) is 0 Å². The van der Waals surface area contributed by atoms with Crippen LogP contribution in [0.3, 0.4) is 0 Å². The molecule has 0 spiro atoms. The number of rotatable bonds is 5. The highest BCUT2D eigenvalue weighted by Crippen LogP contribution is 2.39. The van der Waals surface area contributed by atoms with Crippen molar-refractivity contribution >= 4 is 34.5 Å². The number of hydrogen-bond acceptors (Lipinski definition) is 5. The molecule has 0 bridgehead atoms. The van der Waals surface area contributed by atoms with Crippen LogP contribution < -0.4 is 15.0 Å². The molecule has 4 rings (SSSR count). The van der Waals surface area contributed by atoms with Crippen LogP contribution in [-0.2, 0) is 15.8 Å². The summed E-state index contributed by atoms with van der Waals surface area (Å²) in [6.07, 6.45) is -5.05. The third-order valence-corrected chi connectivity index (χ3v) is 6.30. The molecule has 1 unspecified atom stereocenters. The van der Waals surface area contributed by atoms with Gasteiger partial charge in [-0.2, -0.15) is 13.2 Å². The number of thiazole rings is 1. The van der Waals surface area contributed by atoms with Gasteiger partial charge in [0.1, 0.15) is 12.3 Å². The molecule has 0 aliphatic carbocycles. The maximum Gasteiger partial charge on any atom is 0.418 e. The lowest BCUT2D eigenvalue weighted by Gasteiger charge is -2.34. The molecule has 1 aliphatic heterocycles. The number of hydrogen-bond donors (Lipinski definition) is 1. The molecule has 2 amide bonds. The zero-order valence-corrected chi connectivity index (χ0v) is 19.5. The van der Waals surface area contributed by atoms with Crippen LogP contribution in [0.4, 0.5) is 24.5 Å². The molecule has 1 aliphatic rings. The maximum absolute atomic E-state index is 13.3. The fourth-order valence-corrected chi connectivity index (χ4v) is 4.70. The number of anilines is 2. The third-order valence-electron chi connectivity index (χ3n) is 5.42. The number of benzene rings is 2. The fraction of sp³-hybridized carbons (Fsp3) is 0.292. The molecular formula is C24H22F3N3O3S. The predicted octanol–water partition coefficient (Wildman–Crippen LogP) is 5.59. The fourth-order valence-electron chi connectivity index (χ4n) is 3.86. The molecule has 1 aromatic heterocycles. The summed E-state index contributed by atoms with van der Waals surface area (Å²) in [6.45, 7) is 5.16. The lowest BCUT2D eigenvalue weighted by atomic mass is 10.1. The van der Waals surface area contributed by atoms with Gasteiger partial charge in [-0.1, -0.05) is 19.1 Å². The molecular weight excluding hydrogens is 467 g/mol. The van der Waals surface area contributed by atoms with Crippen molar-refractivity contribution in [3.8, 4) is 17.0 Å². The SMILES string of the molecule is CCC1Oc2ccc(-c3nc(C)sc3C)cc2N(CC(=O)Nc2ccccc2C(F)(F)F)C1=O. The zero-order chi connectivity index (χ0) is 24.6. The molecule has 0 saturated carbocycles. The lowest BCUT2D eigenvalue weighted by molar-refractivity contribution is -0.137. The Morgan fingerprint density at radius 1 is 1.21 bits per heavy atom. The summed E-state index contributed by atoms with van der Waals surface area (Å²) in [5.41, 5.74) is 0.561. The Kier molecular flexibility index (Phi) is 6.35. The van der Waals surface area contributed by atoms with Gasteiger partial charge < -0.3 is 10.1 Å². The smallest absolute Gasteiger partial charge is 0.418 e. The Balaban J connectivity index is 1.66. The number of halogens is 3. The Bertz CT molecular complexity index is 1260. The Labute approximate surface area is 198 Å². The number of ether oxygens (including phenoxy) is 1. The van der Waals surface area contributed by atoms with E-state index in [4.69, 9.17) is 4.74 Å². The minimum Gasteiger partial charge on any atom is -0.478 e. The Morgan fingerprint density at radius 2 is 1.94 bits per heavy atom. The highest BCUT2D eigenvalue weighted by atomic mass is 32.1. The van der Waals surface area contributed by atoms with Crippen molar-refractivity contribution in [1.29, 1.82) is 0 Å². The van der Waals surface area contributed by atoms with Gasteiger partial charge in [0.05, 0.1) is 27.6 Å². The number of nitrogens with zero attached hydrogens (tertiary/aromatic N) is 2. The largest absolute Gasteiger partial charge is 0.478 e. The number of nitrogens with one attached hydrogen (secondary N) is 1. The van der Waals surface area contributed by atoms with E-state index >= 15 is 0 Å². The predicted molar refractivity (Wildman–Crippen MR) is 124 cm³/mol. The van der Waals surface area contributed by atoms with E-state index in [1.165, 1.54) is 23.1 Å². The molecule has 0 fully saturated rings. The van der Waals surface area contributed by atoms with Gasteiger partial charge in [-0.25, -0.2) is 4.98 Å². The van der Waals surface area contributed by atoms with E-state index in [0.717, 1.165) is 27.2 Å². The van der Waals surface area contributed by atoms with Crippen LogP contribution in [0.1, 0.15) is 28.8 Å². The number of fused-ring (bicyclic) bond motifs is 1. The van der Waals surface area contributed by atoms with Crippen molar-refractivity contribution in [3.05, 3.63) is 57.9 Å². The van der Waals surface area contributed by atoms with E-state index in [1.807, 2.05) is 19.9 Å². The minimum atomic E-state index is -4.63. The van der Waals surface area contributed by atoms with Crippen molar-refractivity contribution < 1.29 is 27.5 Å². The maximum atomic E-state index is 13.3. The van der Waals surface area contributed by atoms with Crippen molar-refractivity contribution in [2.24, 2.45) is 0 Å². The van der Waals surface area contributed by atoms with Gasteiger partial charge in [0.25, 0.3) is 5.91 Å². The molecule has 34 heavy (non-hydrogen) atoms. The van der Waals surface area contributed by atoms with Gasteiger partial charge >= 0.3 is 6.18 Å². The van der Waals surface area contributed by atoms with Crippen LogP contribution in [0, 0.1) is 13.8 Å². The molecule has 2 heterocycles. The van der Waals surface area contributed by atoms with E-state index in [2.05, 4.69) is 10.3 Å². The molecule has 3 aromatic rings. The molecule has 10 heteroatoms. The van der Waals surface area contributed by atoms with Crippen LogP contribution in [0.25, 0.3) is 11.3 Å². The molecule has 6 nitrogen and oxygen atoms in total. The summed E-state index contributed by atoms with van der Waals surface area (Å²) >= 11 is 1.54. The van der Waals surface area contributed by atoms with E-state index in [9.17, 15) is 22.8 Å². The topological polar surface area (TPSA) is 71.5 Å². The van der Waals surface area contributed by atoms with Gasteiger partial charge in [-0.05, 0) is 50.6 Å². The molecule has 1 atom stereocenters. The molecule has 1 N–H and O–H groups in total. The second-order valence-corrected chi connectivity index (χ2v) is 9.26. The third kappa shape index (κ3) is 4.63. The zero-order valence-electron chi connectivity index (χ0n) is 18.7. The van der Waals surface area contributed by atoms with Crippen LogP contribution in [-0.4, -0.2) is 29.4 Å². The highest BCUT2D eigenvalue weighted by Gasteiger charge is 2.36. The monoisotopic (exact) mass is 489 g/mol. The Hall–Kier alpha value is -3.40. The first-order chi connectivity index (χ1) is 16.1. The first-order valence-corrected chi connectivity index (χ1v) is 11.4. The average molecular weight is 490 g/mol. The van der Waals surface area contributed by atoms with Gasteiger partial charge in [0.2, 0.25) is 5.91 Å². The van der Waals surface area contributed by atoms with Gasteiger partial charge in [-0.3, -0.25) is 14.5 Å². The molecule has 2 aromatic carbocycles. The first kappa shape index (κ1) is 23.7. The van der Waals surface area contributed by atoms with Gasteiger partial charge in [0, 0.05) is 10.4 Å². The summed E-state index contributed by atoms with van der Waals surface area (Å²) in [5, 5.41) is 3.19. The van der Waals surface area contributed by atoms with Crippen LogP contribution in [0.5, 0.6) is 5.75 Å². The van der Waals surface area contributed by atoms with E-state index in [1.54, 1.807) is 30.4 Å². The number of alkyl halides is 3. The van der Waals surface area contributed by atoms with Crippen LogP contribution in [0.2, 0.25) is 0 Å². The average Bonchev–Trinajstić information content (AvgIpc) is 3.12. The number of carbonyl (C=O) groups is 2. The number of para-hydroxylation sites is 1. The lowest BCUT2D eigenvalue weighted by Crippen LogP contribution is -2.48. The normalized spacial score (nSPS) is 15.6. The minimum absolute atomic E-state index is 0.365. The second kappa shape index (κ2) is 9.09. The summed E-state index contributed by atoms with van der Waals surface area (Å²) in [7, 11) is 0. The quantitative estimate of drug-likeness (QED) is 0.507. The van der Waals surface area contributed by atoms with Crippen LogP contribution >= 0.6 is 11.3 Å². The first-order valence-electron chi connectivity index (χ1n) is 10.6. The Morgan fingerprint density at radius 3 is 2.59 bits per heavy atom. The van der Waals surface area contributed by atoms with Gasteiger partial charge in [0.15, 0.2) is 6.10 Å². The number of aromatic nitrogens is 1. The molecule has 178 valence electrons. The van der Waals surface area contributed by atoms with Crippen molar-refractivity contribution in [2.45, 2.75) is 39.5 Å². The molecule has 0 saturated heterocycles. The standard InChI is InChI=1S/C24H22F3N3O3S/c1-4-19-23(32)30(12-21(31)29-17-8-6-5-7-16(17)24(25,26)27)18-11-15(9-10-20(18)33-19)22-13(2)34-14(3)28-22/h5-11,19H,4,12H2,1-3H3,(H,29,31). The van der Waals surface area contributed by atoms with Crippen LogP contribution in [0.15, 0.2) is 42.5 Å². The number of amides is 2. The van der Waals surface area contributed by atoms with Crippen molar-refractivity contribution in [2.75, 3.05) is 16.8 Å². The van der Waals surface area contributed by atoms with Gasteiger partial charge in [-0.15, -0.1) is 11.3 Å². The summed E-state index contributed by atoms with van der Waals surface area (Å²) in [5.74, 6) is -0.764. The van der Waals surface area contributed by atoms with E-state index < -0.39 is 36.2 Å².